The molecule has 0 heterocycles. The maximum Gasteiger partial charge on any atom is 0.223 e. The summed E-state index contributed by atoms with van der Waals surface area (Å²) in [7, 11) is 0. The second-order valence-corrected chi connectivity index (χ2v) is 6.39. The lowest BCUT2D eigenvalue weighted by Gasteiger charge is -2.28. The molecule has 3 N–H and O–H groups in total. The highest BCUT2D eigenvalue weighted by atomic mass is 16.1. The molecule has 0 saturated heterocycles. The Hall–Kier alpha value is -2.13. The van der Waals surface area contributed by atoms with Crippen LogP contribution < -0.4 is 11.1 Å². The van der Waals surface area contributed by atoms with Crippen molar-refractivity contribution in [3.8, 4) is 0 Å². The van der Waals surface area contributed by atoms with Crippen LogP contribution in [0.5, 0.6) is 0 Å². The van der Waals surface area contributed by atoms with Gasteiger partial charge in [0.15, 0.2) is 0 Å². The summed E-state index contributed by atoms with van der Waals surface area (Å²) in [6.45, 7) is 0. The standard InChI is InChI=1S/C20H24N2O/c21-18-13-7-12-17(14-18)20(23)22-19(15-8-3-1-4-9-15)16-10-5-2-6-11-16/h1-6,8-11,17-19H,7,12-14,21H2,(H,22,23). The van der Waals surface area contributed by atoms with E-state index in [9.17, 15) is 4.79 Å². The van der Waals surface area contributed by atoms with Gasteiger partial charge in [-0.05, 0) is 30.4 Å². The van der Waals surface area contributed by atoms with Crippen molar-refractivity contribution in [3.63, 3.8) is 0 Å². The van der Waals surface area contributed by atoms with Crippen molar-refractivity contribution in [2.75, 3.05) is 0 Å². The van der Waals surface area contributed by atoms with Crippen LogP contribution >= 0.6 is 0 Å². The van der Waals surface area contributed by atoms with Gasteiger partial charge in [-0.25, -0.2) is 0 Å². The lowest BCUT2D eigenvalue weighted by Crippen LogP contribution is -2.39. The lowest BCUT2D eigenvalue weighted by molar-refractivity contribution is -0.126. The van der Waals surface area contributed by atoms with E-state index in [2.05, 4.69) is 29.6 Å². The maximum atomic E-state index is 12.7. The predicted octanol–water partition coefficient (Wildman–Crippen LogP) is 3.41. The highest BCUT2D eigenvalue weighted by molar-refractivity contribution is 5.79. The molecule has 120 valence electrons. The van der Waals surface area contributed by atoms with Crippen LogP contribution in [0, 0.1) is 5.92 Å². The summed E-state index contributed by atoms with van der Waals surface area (Å²) in [6, 6.07) is 20.3. The van der Waals surface area contributed by atoms with Crippen LogP contribution in [0.1, 0.15) is 42.9 Å². The number of nitrogens with two attached hydrogens (primary N) is 1. The van der Waals surface area contributed by atoms with E-state index < -0.39 is 0 Å². The van der Waals surface area contributed by atoms with E-state index in [1.807, 2.05) is 36.4 Å². The zero-order valence-electron chi connectivity index (χ0n) is 13.3. The van der Waals surface area contributed by atoms with Gasteiger partial charge in [0.1, 0.15) is 0 Å². The van der Waals surface area contributed by atoms with Gasteiger partial charge in [-0.3, -0.25) is 4.79 Å². The number of hydrogen-bond acceptors (Lipinski definition) is 2. The molecule has 3 nitrogen and oxygen atoms in total. The minimum atomic E-state index is -0.108. The van der Waals surface area contributed by atoms with E-state index in [1.165, 1.54) is 0 Å². The summed E-state index contributed by atoms with van der Waals surface area (Å²) in [5.74, 6) is 0.159. The Morgan fingerprint density at radius 2 is 1.52 bits per heavy atom. The van der Waals surface area contributed by atoms with E-state index in [0.717, 1.165) is 36.8 Å². The molecule has 0 radical (unpaired) electrons. The zero-order valence-corrected chi connectivity index (χ0v) is 13.3. The molecule has 2 aromatic carbocycles. The molecule has 1 amide bonds. The number of hydrogen-bond donors (Lipinski definition) is 2. The SMILES string of the molecule is NC1CCCC(C(=O)NC(c2ccccc2)c2ccccc2)C1. The minimum Gasteiger partial charge on any atom is -0.345 e. The molecule has 1 fully saturated rings. The first-order chi connectivity index (χ1) is 11.2. The highest BCUT2D eigenvalue weighted by Crippen LogP contribution is 2.26. The van der Waals surface area contributed by atoms with Crippen molar-refractivity contribution < 1.29 is 4.79 Å². The molecule has 1 saturated carbocycles. The smallest absolute Gasteiger partial charge is 0.223 e. The van der Waals surface area contributed by atoms with Gasteiger partial charge in [-0.15, -0.1) is 0 Å². The molecule has 0 bridgehead atoms. The summed E-state index contributed by atoms with van der Waals surface area (Å²) in [5, 5.41) is 3.25. The van der Waals surface area contributed by atoms with Gasteiger partial charge in [0.05, 0.1) is 6.04 Å². The normalized spacial score (nSPS) is 21.1. The molecule has 3 rings (SSSR count). The molecule has 1 aliphatic carbocycles. The monoisotopic (exact) mass is 308 g/mol. The predicted molar refractivity (Wildman–Crippen MR) is 92.8 cm³/mol. The van der Waals surface area contributed by atoms with Gasteiger partial charge < -0.3 is 11.1 Å². The van der Waals surface area contributed by atoms with Gasteiger partial charge >= 0.3 is 0 Å². The third-order valence-corrected chi connectivity index (χ3v) is 4.64. The van der Waals surface area contributed by atoms with Crippen LogP contribution in [0.25, 0.3) is 0 Å². The third-order valence-electron chi connectivity index (χ3n) is 4.64. The highest BCUT2D eigenvalue weighted by Gasteiger charge is 2.27. The molecule has 0 aromatic heterocycles. The van der Waals surface area contributed by atoms with E-state index >= 15 is 0 Å². The first-order valence-electron chi connectivity index (χ1n) is 8.40. The average Bonchev–Trinajstić information content (AvgIpc) is 2.61. The van der Waals surface area contributed by atoms with Gasteiger partial charge in [-0.1, -0.05) is 67.1 Å². The van der Waals surface area contributed by atoms with Crippen LogP contribution in [0.15, 0.2) is 60.7 Å². The maximum absolute atomic E-state index is 12.7. The van der Waals surface area contributed by atoms with E-state index in [-0.39, 0.29) is 23.9 Å². The Balaban J connectivity index is 1.80. The summed E-state index contributed by atoms with van der Waals surface area (Å²) < 4.78 is 0. The number of amides is 1. The number of benzene rings is 2. The summed E-state index contributed by atoms with van der Waals surface area (Å²) in [6.07, 6.45) is 3.81. The molecular formula is C20H24N2O. The lowest BCUT2D eigenvalue weighted by atomic mass is 9.85. The molecular weight excluding hydrogens is 284 g/mol. The Morgan fingerprint density at radius 3 is 2.04 bits per heavy atom. The van der Waals surface area contributed by atoms with Gasteiger partial charge in [0.2, 0.25) is 5.91 Å². The van der Waals surface area contributed by atoms with Crippen molar-refractivity contribution in [1.29, 1.82) is 0 Å². The molecule has 23 heavy (non-hydrogen) atoms. The molecule has 0 spiro atoms. The topological polar surface area (TPSA) is 55.1 Å². The third kappa shape index (κ3) is 3.99. The first kappa shape index (κ1) is 15.8. The first-order valence-corrected chi connectivity index (χ1v) is 8.40. The molecule has 3 heteroatoms. The quantitative estimate of drug-likeness (QED) is 0.909. The fraction of sp³-hybridized carbons (Fsp3) is 0.350. The molecule has 2 unspecified atom stereocenters. The van der Waals surface area contributed by atoms with Crippen molar-refractivity contribution >= 4 is 5.91 Å². The molecule has 1 aliphatic rings. The molecule has 2 aromatic rings. The van der Waals surface area contributed by atoms with Gasteiger partial charge in [0.25, 0.3) is 0 Å². The number of rotatable bonds is 4. The Bertz CT molecular complexity index is 587. The minimum absolute atomic E-state index is 0.0358. The fourth-order valence-corrected chi connectivity index (χ4v) is 3.38. The largest absolute Gasteiger partial charge is 0.345 e. The van der Waals surface area contributed by atoms with Crippen molar-refractivity contribution in [2.45, 2.75) is 37.8 Å². The summed E-state index contributed by atoms with van der Waals surface area (Å²) in [4.78, 5) is 12.7. The van der Waals surface area contributed by atoms with Crippen LogP contribution in [0.4, 0.5) is 0 Å². The number of nitrogens with one attached hydrogen (secondary N) is 1. The van der Waals surface area contributed by atoms with Crippen molar-refractivity contribution in [1.82, 2.24) is 5.32 Å². The van der Waals surface area contributed by atoms with E-state index in [0.29, 0.717) is 0 Å². The Kier molecular flexibility index (Phi) is 5.09. The zero-order chi connectivity index (χ0) is 16.1. The van der Waals surface area contributed by atoms with Crippen molar-refractivity contribution in [3.05, 3.63) is 71.8 Å². The Labute approximate surface area is 137 Å². The fourth-order valence-electron chi connectivity index (χ4n) is 3.38. The van der Waals surface area contributed by atoms with E-state index in [4.69, 9.17) is 5.73 Å². The van der Waals surface area contributed by atoms with Crippen LogP contribution in [0.2, 0.25) is 0 Å². The summed E-state index contributed by atoms with van der Waals surface area (Å²) in [5.41, 5.74) is 8.24. The number of carbonyl (C=O) groups is 1. The molecule has 0 aliphatic heterocycles. The Morgan fingerprint density at radius 1 is 0.957 bits per heavy atom. The average molecular weight is 308 g/mol. The van der Waals surface area contributed by atoms with Gasteiger partial charge in [-0.2, -0.15) is 0 Å². The number of carbonyl (C=O) groups excluding carboxylic acids is 1. The van der Waals surface area contributed by atoms with Crippen LogP contribution in [0.3, 0.4) is 0 Å². The second-order valence-electron chi connectivity index (χ2n) is 6.39. The molecule has 2 atom stereocenters. The van der Waals surface area contributed by atoms with Gasteiger partial charge in [0, 0.05) is 12.0 Å². The van der Waals surface area contributed by atoms with E-state index in [1.54, 1.807) is 0 Å². The van der Waals surface area contributed by atoms with Crippen LogP contribution in [-0.4, -0.2) is 11.9 Å². The second kappa shape index (κ2) is 7.42. The summed E-state index contributed by atoms with van der Waals surface area (Å²) >= 11 is 0. The van der Waals surface area contributed by atoms with Crippen molar-refractivity contribution in [2.24, 2.45) is 11.7 Å². The van der Waals surface area contributed by atoms with Crippen LogP contribution in [-0.2, 0) is 4.79 Å².